The topological polar surface area (TPSA) is 9.23 Å². The van der Waals surface area contributed by atoms with Gasteiger partial charge in [-0.2, -0.15) is 0 Å². The van der Waals surface area contributed by atoms with Crippen molar-refractivity contribution >= 4 is 8.32 Å². The van der Waals surface area contributed by atoms with Crippen molar-refractivity contribution in [3.63, 3.8) is 0 Å². The molecule has 0 saturated heterocycles. The smallest absolute Gasteiger partial charge is 0.191 e. The zero-order valence-electron chi connectivity index (χ0n) is 12.6. The fourth-order valence-electron chi connectivity index (χ4n) is 2.53. The lowest BCUT2D eigenvalue weighted by molar-refractivity contribution is 0.0863. The molecule has 18 heavy (non-hydrogen) atoms. The summed E-state index contributed by atoms with van der Waals surface area (Å²) in [5.41, 5.74) is 1.43. The average Bonchev–Trinajstić information content (AvgIpc) is 2.25. The van der Waals surface area contributed by atoms with Gasteiger partial charge in [0.2, 0.25) is 0 Å². The van der Waals surface area contributed by atoms with E-state index in [-0.39, 0.29) is 5.60 Å². The monoisotopic (exact) mass is 264 g/mol. The van der Waals surface area contributed by atoms with Gasteiger partial charge < -0.3 is 4.43 Å². The highest BCUT2D eigenvalue weighted by Gasteiger charge is 2.31. The van der Waals surface area contributed by atoms with Crippen LogP contribution in [-0.4, -0.2) is 13.9 Å². The van der Waals surface area contributed by atoms with Crippen LogP contribution in [0.5, 0.6) is 0 Å². The normalized spacial score (nSPS) is 12.7. The van der Waals surface area contributed by atoms with Gasteiger partial charge in [-0.15, -0.1) is 0 Å². The fraction of sp³-hybridized carbons (Fsp3) is 0.625. The first-order chi connectivity index (χ1) is 8.35. The minimum atomic E-state index is -1.63. The summed E-state index contributed by atoms with van der Waals surface area (Å²) >= 11 is 0. The molecule has 2 heteroatoms. The number of hydrogen-bond acceptors (Lipinski definition) is 1. The molecule has 0 heterocycles. The zero-order chi connectivity index (χ0) is 13.6. The minimum Gasteiger partial charge on any atom is -0.412 e. The Bertz CT molecular complexity index is 343. The van der Waals surface area contributed by atoms with Gasteiger partial charge in [0.15, 0.2) is 8.32 Å². The summed E-state index contributed by atoms with van der Waals surface area (Å²) in [6.07, 6.45) is 3.66. The molecule has 1 aromatic carbocycles. The molecule has 0 unspecified atom stereocenters. The van der Waals surface area contributed by atoms with E-state index in [9.17, 15) is 0 Å². The molecule has 0 bridgehead atoms. The van der Waals surface area contributed by atoms with E-state index in [0.29, 0.717) is 0 Å². The van der Waals surface area contributed by atoms with E-state index >= 15 is 0 Å². The first-order valence-corrected chi connectivity index (χ1v) is 10.2. The van der Waals surface area contributed by atoms with Crippen LogP contribution in [0.4, 0.5) is 0 Å². The second-order valence-corrected chi connectivity index (χ2v) is 10.5. The molecular formula is C16H28OSi. The molecule has 0 aromatic heterocycles. The van der Waals surface area contributed by atoms with E-state index in [1.54, 1.807) is 0 Å². The van der Waals surface area contributed by atoms with E-state index in [0.717, 1.165) is 12.5 Å². The Morgan fingerprint density at radius 1 is 1.11 bits per heavy atom. The quantitative estimate of drug-likeness (QED) is 0.633. The largest absolute Gasteiger partial charge is 0.412 e. The van der Waals surface area contributed by atoms with Crippen molar-refractivity contribution < 1.29 is 4.43 Å². The van der Waals surface area contributed by atoms with E-state index < -0.39 is 8.32 Å². The van der Waals surface area contributed by atoms with E-state index in [4.69, 9.17) is 4.43 Å². The number of benzene rings is 1. The van der Waals surface area contributed by atoms with Crippen LogP contribution in [0.2, 0.25) is 13.1 Å². The van der Waals surface area contributed by atoms with Crippen molar-refractivity contribution in [3.8, 4) is 0 Å². The predicted octanol–water partition coefficient (Wildman–Crippen LogP) is 4.96. The molecule has 0 spiro atoms. The first kappa shape index (κ1) is 15.5. The minimum absolute atomic E-state index is 0.0283. The highest BCUT2D eigenvalue weighted by atomic mass is 28.4. The Morgan fingerprint density at radius 2 is 1.72 bits per heavy atom. The third-order valence-electron chi connectivity index (χ3n) is 3.16. The molecule has 0 radical (unpaired) electrons. The Balaban J connectivity index is 2.58. The summed E-state index contributed by atoms with van der Waals surface area (Å²) in [5.74, 6) is 0. The predicted molar refractivity (Wildman–Crippen MR) is 82.3 cm³/mol. The number of unbranched alkanes of at least 4 members (excludes halogenated alkanes) is 1. The summed E-state index contributed by atoms with van der Waals surface area (Å²) in [4.78, 5) is 0. The van der Waals surface area contributed by atoms with E-state index in [2.05, 4.69) is 64.2 Å². The standard InChI is InChI=1S/C16H28OSi/c1-6-7-13-16(2,3)17-18(4,5)14-15-11-9-8-10-12-15/h8-12H,6-7,13-14H2,1-5H3. The second-order valence-electron chi connectivity index (χ2n) is 6.39. The van der Waals surface area contributed by atoms with Gasteiger partial charge in [-0.25, -0.2) is 0 Å². The molecule has 0 saturated carbocycles. The van der Waals surface area contributed by atoms with Crippen LogP contribution < -0.4 is 0 Å². The van der Waals surface area contributed by atoms with Gasteiger partial charge >= 0.3 is 0 Å². The molecule has 1 nitrogen and oxygen atoms in total. The Morgan fingerprint density at radius 3 is 2.28 bits per heavy atom. The Kier molecular flexibility index (Phi) is 5.61. The van der Waals surface area contributed by atoms with Crippen LogP contribution in [0.15, 0.2) is 30.3 Å². The van der Waals surface area contributed by atoms with Crippen molar-refractivity contribution in [2.24, 2.45) is 0 Å². The maximum atomic E-state index is 6.47. The van der Waals surface area contributed by atoms with Crippen molar-refractivity contribution in [3.05, 3.63) is 35.9 Å². The SMILES string of the molecule is CCCCC(C)(C)O[Si](C)(C)Cc1ccccc1. The zero-order valence-corrected chi connectivity index (χ0v) is 13.6. The maximum absolute atomic E-state index is 6.47. The third-order valence-corrected chi connectivity index (χ3v) is 5.52. The molecule has 0 aliphatic rings. The summed E-state index contributed by atoms with van der Waals surface area (Å²) < 4.78 is 6.47. The maximum Gasteiger partial charge on any atom is 0.191 e. The van der Waals surface area contributed by atoms with Gasteiger partial charge in [0, 0.05) is 0 Å². The lowest BCUT2D eigenvalue weighted by atomic mass is 10.0. The van der Waals surface area contributed by atoms with Crippen molar-refractivity contribution in [2.45, 2.75) is 64.8 Å². The fourth-order valence-corrected chi connectivity index (χ4v) is 5.41. The summed E-state index contributed by atoms with van der Waals surface area (Å²) in [6.45, 7) is 11.4. The molecule has 1 rings (SSSR count). The molecule has 0 fully saturated rings. The van der Waals surface area contributed by atoms with E-state index in [1.807, 2.05) is 0 Å². The molecule has 0 amide bonds. The Labute approximate surface area is 114 Å². The molecule has 0 aliphatic carbocycles. The van der Waals surface area contributed by atoms with E-state index in [1.165, 1.54) is 18.4 Å². The molecule has 0 aliphatic heterocycles. The molecule has 0 N–H and O–H groups in total. The average molecular weight is 264 g/mol. The van der Waals surface area contributed by atoms with Gasteiger partial charge in [0.25, 0.3) is 0 Å². The van der Waals surface area contributed by atoms with Crippen LogP contribution >= 0.6 is 0 Å². The lowest BCUT2D eigenvalue weighted by Gasteiger charge is -2.35. The van der Waals surface area contributed by atoms with Crippen molar-refractivity contribution in [1.82, 2.24) is 0 Å². The van der Waals surface area contributed by atoms with Gasteiger partial charge in [0.05, 0.1) is 5.60 Å². The summed E-state index contributed by atoms with van der Waals surface area (Å²) in [5, 5.41) is 0. The van der Waals surface area contributed by atoms with Gasteiger partial charge in [0.1, 0.15) is 0 Å². The second kappa shape index (κ2) is 6.53. The molecule has 102 valence electrons. The highest BCUT2D eigenvalue weighted by molar-refractivity contribution is 6.70. The van der Waals surface area contributed by atoms with Crippen molar-refractivity contribution in [2.75, 3.05) is 0 Å². The third kappa shape index (κ3) is 5.83. The lowest BCUT2D eigenvalue weighted by Crippen LogP contribution is -2.43. The first-order valence-electron chi connectivity index (χ1n) is 7.09. The van der Waals surface area contributed by atoms with Crippen LogP contribution in [0.1, 0.15) is 45.6 Å². The van der Waals surface area contributed by atoms with Gasteiger partial charge in [-0.3, -0.25) is 0 Å². The summed E-state index contributed by atoms with van der Waals surface area (Å²) in [7, 11) is -1.63. The number of hydrogen-bond donors (Lipinski definition) is 0. The van der Waals surface area contributed by atoms with Gasteiger partial charge in [-0.05, 0) is 45.0 Å². The van der Waals surface area contributed by atoms with Gasteiger partial charge in [-0.1, -0.05) is 50.1 Å². The van der Waals surface area contributed by atoms with Crippen LogP contribution in [-0.2, 0) is 10.5 Å². The Hall–Kier alpha value is -0.603. The van der Waals surface area contributed by atoms with Crippen LogP contribution in [0.25, 0.3) is 0 Å². The van der Waals surface area contributed by atoms with Crippen LogP contribution in [0.3, 0.4) is 0 Å². The highest BCUT2D eigenvalue weighted by Crippen LogP contribution is 2.25. The summed E-state index contributed by atoms with van der Waals surface area (Å²) in [6, 6.07) is 11.8. The number of rotatable bonds is 7. The molecule has 0 atom stereocenters. The van der Waals surface area contributed by atoms with Crippen LogP contribution in [0, 0.1) is 0 Å². The molecule has 1 aromatic rings. The van der Waals surface area contributed by atoms with Crippen molar-refractivity contribution in [1.29, 1.82) is 0 Å². The molecular weight excluding hydrogens is 236 g/mol.